The predicted octanol–water partition coefficient (Wildman–Crippen LogP) is 4.27. The van der Waals surface area contributed by atoms with Crippen LogP contribution in [0.15, 0.2) is 40.9 Å². The van der Waals surface area contributed by atoms with Crippen LogP contribution in [0.2, 0.25) is 0 Å². The van der Waals surface area contributed by atoms with Gasteiger partial charge in [0.15, 0.2) is 11.6 Å². The summed E-state index contributed by atoms with van der Waals surface area (Å²) in [7, 11) is 0. The molecule has 4 heteroatoms. The fourth-order valence-corrected chi connectivity index (χ4v) is 1.88. The second kappa shape index (κ2) is 4.75. The summed E-state index contributed by atoms with van der Waals surface area (Å²) in [4.78, 5) is 0. The van der Waals surface area contributed by atoms with Gasteiger partial charge in [0.1, 0.15) is 5.75 Å². The third-order valence-electron chi connectivity index (χ3n) is 2.26. The molecule has 0 bridgehead atoms. The van der Waals surface area contributed by atoms with E-state index in [1.807, 2.05) is 6.92 Å². The first kappa shape index (κ1) is 11.9. The molecule has 0 aliphatic heterocycles. The second-order valence-corrected chi connectivity index (χ2v) is 4.58. The van der Waals surface area contributed by atoms with E-state index in [1.165, 1.54) is 6.07 Å². The van der Waals surface area contributed by atoms with E-state index in [0.717, 1.165) is 5.56 Å². The van der Waals surface area contributed by atoms with Crippen molar-refractivity contribution in [2.45, 2.75) is 6.92 Å². The molecule has 0 aromatic heterocycles. The second-order valence-electron chi connectivity index (χ2n) is 3.73. The first-order chi connectivity index (χ1) is 8.06. The summed E-state index contributed by atoms with van der Waals surface area (Å²) in [5.41, 5.74) is 7.17. The van der Waals surface area contributed by atoms with E-state index in [4.69, 9.17) is 10.5 Å². The molecule has 0 saturated heterocycles. The highest BCUT2D eigenvalue weighted by atomic mass is 79.9. The quantitative estimate of drug-likeness (QED) is 0.840. The maximum atomic E-state index is 13.5. The number of benzene rings is 2. The summed E-state index contributed by atoms with van der Waals surface area (Å²) < 4.78 is 19.7. The number of hydrogen-bond acceptors (Lipinski definition) is 2. The van der Waals surface area contributed by atoms with Crippen LogP contribution in [0, 0.1) is 12.7 Å². The minimum absolute atomic E-state index is 0.204. The molecule has 0 fully saturated rings. The summed E-state index contributed by atoms with van der Waals surface area (Å²) in [6, 6.07) is 9.84. The van der Waals surface area contributed by atoms with E-state index in [1.54, 1.807) is 30.3 Å². The number of nitrogens with two attached hydrogens (primary N) is 1. The molecule has 0 unspecified atom stereocenters. The minimum Gasteiger partial charge on any atom is -0.453 e. The maximum Gasteiger partial charge on any atom is 0.165 e. The van der Waals surface area contributed by atoms with Crippen molar-refractivity contribution in [3.8, 4) is 11.5 Å². The third kappa shape index (κ3) is 2.77. The molecule has 0 aliphatic rings. The van der Waals surface area contributed by atoms with Crippen LogP contribution in [0.25, 0.3) is 0 Å². The van der Waals surface area contributed by atoms with Crippen LogP contribution >= 0.6 is 15.9 Å². The van der Waals surface area contributed by atoms with Crippen LogP contribution in [0.3, 0.4) is 0 Å². The molecule has 0 aliphatic carbocycles. The number of halogens is 2. The van der Waals surface area contributed by atoms with Crippen LogP contribution in [0.1, 0.15) is 5.56 Å². The molecule has 0 spiro atoms. The van der Waals surface area contributed by atoms with Gasteiger partial charge in [0, 0.05) is 5.69 Å². The Hall–Kier alpha value is -1.55. The zero-order valence-corrected chi connectivity index (χ0v) is 10.8. The Morgan fingerprint density at radius 3 is 2.59 bits per heavy atom. The number of hydrogen-bond donors (Lipinski definition) is 1. The number of ether oxygens (including phenoxy) is 1. The van der Waals surface area contributed by atoms with Crippen molar-refractivity contribution < 1.29 is 9.13 Å². The first-order valence-corrected chi connectivity index (χ1v) is 5.84. The summed E-state index contributed by atoms with van der Waals surface area (Å²) in [6.07, 6.45) is 0. The molecular formula is C13H11BrFNO. The van der Waals surface area contributed by atoms with Gasteiger partial charge in [0.25, 0.3) is 0 Å². The van der Waals surface area contributed by atoms with Gasteiger partial charge in [-0.05, 0) is 58.7 Å². The van der Waals surface area contributed by atoms with Gasteiger partial charge in [-0.15, -0.1) is 0 Å². The first-order valence-electron chi connectivity index (χ1n) is 5.05. The van der Waals surface area contributed by atoms with Crippen LogP contribution in [0.5, 0.6) is 11.5 Å². The van der Waals surface area contributed by atoms with Crippen LogP contribution in [-0.2, 0) is 0 Å². The molecular weight excluding hydrogens is 285 g/mol. The van der Waals surface area contributed by atoms with E-state index in [9.17, 15) is 4.39 Å². The normalized spacial score (nSPS) is 10.3. The van der Waals surface area contributed by atoms with Gasteiger partial charge in [-0.1, -0.05) is 6.07 Å². The van der Waals surface area contributed by atoms with Gasteiger partial charge < -0.3 is 10.5 Å². The van der Waals surface area contributed by atoms with Crippen molar-refractivity contribution in [2.24, 2.45) is 0 Å². The van der Waals surface area contributed by atoms with Gasteiger partial charge in [-0.25, -0.2) is 4.39 Å². The lowest BCUT2D eigenvalue weighted by molar-refractivity contribution is 0.439. The number of aryl methyl sites for hydroxylation is 1. The lowest BCUT2D eigenvalue weighted by Crippen LogP contribution is -1.91. The van der Waals surface area contributed by atoms with Gasteiger partial charge in [0.05, 0.1) is 4.47 Å². The monoisotopic (exact) mass is 295 g/mol. The standard InChI is InChI=1S/C13H11BrFNO/c1-8-2-4-11(15)13(6-8)17-12-5-3-9(16)7-10(12)14/h2-7H,16H2,1H3. The topological polar surface area (TPSA) is 35.2 Å². The molecule has 2 rings (SSSR count). The number of anilines is 1. The molecule has 88 valence electrons. The van der Waals surface area contributed by atoms with Crippen molar-refractivity contribution in [1.29, 1.82) is 0 Å². The van der Waals surface area contributed by atoms with Crippen LogP contribution in [-0.4, -0.2) is 0 Å². The summed E-state index contributed by atoms with van der Waals surface area (Å²) in [5.74, 6) is 0.346. The minimum atomic E-state index is -0.390. The third-order valence-corrected chi connectivity index (χ3v) is 2.88. The van der Waals surface area contributed by atoms with Crippen molar-refractivity contribution in [3.63, 3.8) is 0 Å². The van der Waals surface area contributed by atoms with Crippen molar-refractivity contribution >= 4 is 21.6 Å². The molecule has 2 nitrogen and oxygen atoms in total. The molecule has 2 N–H and O–H groups in total. The summed E-state index contributed by atoms with van der Waals surface area (Å²) >= 11 is 3.32. The van der Waals surface area contributed by atoms with Gasteiger partial charge in [0.2, 0.25) is 0 Å². The summed E-state index contributed by atoms with van der Waals surface area (Å²) in [6.45, 7) is 1.88. The summed E-state index contributed by atoms with van der Waals surface area (Å²) in [5, 5.41) is 0. The number of nitrogen functional groups attached to an aromatic ring is 1. The smallest absolute Gasteiger partial charge is 0.165 e. The SMILES string of the molecule is Cc1ccc(F)c(Oc2ccc(N)cc2Br)c1. The molecule has 0 radical (unpaired) electrons. The van der Waals surface area contributed by atoms with Crippen LogP contribution in [0.4, 0.5) is 10.1 Å². The fourth-order valence-electron chi connectivity index (χ4n) is 1.41. The van der Waals surface area contributed by atoms with E-state index >= 15 is 0 Å². The fraction of sp³-hybridized carbons (Fsp3) is 0.0769. The van der Waals surface area contributed by atoms with Gasteiger partial charge >= 0.3 is 0 Å². The average molecular weight is 296 g/mol. The molecule has 0 saturated carbocycles. The highest BCUT2D eigenvalue weighted by Gasteiger charge is 2.07. The van der Waals surface area contributed by atoms with Crippen molar-refractivity contribution in [2.75, 3.05) is 5.73 Å². The zero-order chi connectivity index (χ0) is 12.4. The van der Waals surface area contributed by atoms with Gasteiger partial charge in [-0.3, -0.25) is 0 Å². The van der Waals surface area contributed by atoms with Crippen LogP contribution < -0.4 is 10.5 Å². The number of rotatable bonds is 2. The molecule has 17 heavy (non-hydrogen) atoms. The zero-order valence-electron chi connectivity index (χ0n) is 9.21. The van der Waals surface area contributed by atoms with E-state index in [0.29, 0.717) is 15.9 Å². The predicted molar refractivity (Wildman–Crippen MR) is 69.8 cm³/mol. The molecule has 0 heterocycles. The Bertz CT molecular complexity index is 557. The van der Waals surface area contributed by atoms with Crippen molar-refractivity contribution in [1.82, 2.24) is 0 Å². The molecule has 0 atom stereocenters. The Morgan fingerprint density at radius 1 is 1.12 bits per heavy atom. The van der Waals surface area contributed by atoms with E-state index in [-0.39, 0.29) is 11.6 Å². The Labute approximate surface area is 107 Å². The average Bonchev–Trinajstić information content (AvgIpc) is 2.27. The molecule has 2 aromatic rings. The van der Waals surface area contributed by atoms with Crippen molar-refractivity contribution in [3.05, 3.63) is 52.3 Å². The lowest BCUT2D eigenvalue weighted by atomic mass is 10.2. The largest absolute Gasteiger partial charge is 0.453 e. The molecule has 0 amide bonds. The Morgan fingerprint density at radius 2 is 1.88 bits per heavy atom. The highest BCUT2D eigenvalue weighted by molar-refractivity contribution is 9.10. The lowest BCUT2D eigenvalue weighted by Gasteiger charge is -2.09. The Balaban J connectivity index is 2.34. The van der Waals surface area contributed by atoms with Gasteiger partial charge in [-0.2, -0.15) is 0 Å². The Kier molecular flexibility index (Phi) is 3.33. The highest BCUT2D eigenvalue weighted by Crippen LogP contribution is 2.32. The van der Waals surface area contributed by atoms with E-state index < -0.39 is 0 Å². The van der Waals surface area contributed by atoms with E-state index in [2.05, 4.69) is 15.9 Å². The molecule has 2 aromatic carbocycles. The maximum absolute atomic E-state index is 13.5.